The molecule has 5 heteroatoms. The number of hydrogen-bond donors (Lipinski definition) is 2. The first-order valence-corrected chi connectivity index (χ1v) is 9.47. The number of hydrogen-bond acceptors (Lipinski definition) is 3. The molecule has 2 amide bonds. The molecule has 0 saturated heterocycles. The van der Waals surface area contributed by atoms with Gasteiger partial charge in [0.15, 0.2) is 0 Å². The zero-order chi connectivity index (χ0) is 17.4. The van der Waals surface area contributed by atoms with Crippen LogP contribution in [-0.4, -0.2) is 17.1 Å². The fourth-order valence-electron chi connectivity index (χ4n) is 3.14. The van der Waals surface area contributed by atoms with Gasteiger partial charge in [-0.3, -0.25) is 9.59 Å². The van der Waals surface area contributed by atoms with Gasteiger partial charge in [-0.2, -0.15) is 0 Å². The predicted molar refractivity (Wildman–Crippen MR) is 99.8 cm³/mol. The lowest BCUT2D eigenvalue weighted by atomic mass is 10.0. The van der Waals surface area contributed by atoms with Gasteiger partial charge in [-0.25, -0.2) is 0 Å². The Morgan fingerprint density at radius 3 is 2.68 bits per heavy atom. The van der Waals surface area contributed by atoms with Crippen molar-refractivity contribution in [2.45, 2.75) is 36.0 Å². The molecule has 2 unspecified atom stereocenters. The van der Waals surface area contributed by atoms with E-state index in [9.17, 15) is 9.59 Å². The highest BCUT2D eigenvalue weighted by atomic mass is 32.2. The molecule has 2 aromatic rings. The Balaban J connectivity index is 1.55. The highest BCUT2D eigenvalue weighted by molar-refractivity contribution is 8.00. The molecular formula is C20H20N2O2S. The number of fused-ring (bicyclic) bond motifs is 1. The highest BCUT2D eigenvalue weighted by Crippen LogP contribution is 2.41. The van der Waals surface area contributed by atoms with E-state index in [4.69, 9.17) is 0 Å². The third-order valence-electron chi connectivity index (χ3n) is 4.71. The van der Waals surface area contributed by atoms with E-state index in [-0.39, 0.29) is 23.1 Å². The SMILES string of the molecule is CC1Sc2ccc(C(=O)NC(c3ccccc3)C3CC3)cc2NC1=O. The van der Waals surface area contributed by atoms with Crippen LogP contribution in [-0.2, 0) is 4.79 Å². The van der Waals surface area contributed by atoms with Crippen LogP contribution in [0.5, 0.6) is 0 Å². The average Bonchev–Trinajstić information content (AvgIpc) is 3.46. The molecule has 1 aliphatic carbocycles. The molecule has 128 valence electrons. The minimum absolute atomic E-state index is 0.0183. The number of carbonyl (C=O) groups excluding carboxylic acids is 2. The van der Waals surface area contributed by atoms with Crippen LogP contribution in [0.15, 0.2) is 53.4 Å². The smallest absolute Gasteiger partial charge is 0.251 e. The van der Waals surface area contributed by atoms with Crippen LogP contribution in [0, 0.1) is 5.92 Å². The van der Waals surface area contributed by atoms with Crippen LogP contribution in [0.4, 0.5) is 5.69 Å². The molecule has 0 aromatic heterocycles. The van der Waals surface area contributed by atoms with E-state index < -0.39 is 0 Å². The number of thioether (sulfide) groups is 1. The fourth-order valence-corrected chi connectivity index (χ4v) is 4.07. The summed E-state index contributed by atoms with van der Waals surface area (Å²) < 4.78 is 0. The van der Waals surface area contributed by atoms with E-state index in [0.717, 1.165) is 29.0 Å². The topological polar surface area (TPSA) is 58.2 Å². The Labute approximate surface area is 151 Å². The molecule has 4 nitrogen and oxygen atoms in total. The summed E-state index contributed by atoms with van der Waals surface area (Å²) in [5.41, 5.74) is 2.45. The summed E-state index contributed by atoms with van der Waals surface area (Å²) in [5.74, 6) is 0.400. The Kier molecular flexibility index (Phi) is 4.25. The maximum Gasteiger partial charge on any atom is 0.251 e. The van der Waals surface area contributed by atoms with Crippen molar-refractivity contribution >= 4 is 29.3 Å². The third-order valence-corrected chi connectivity index (χ3v) is 5.89. The minimum Gasteiger partial charge on any atom is -0.345 e. The number of benzene rings is 2. The van der Waals surface area contributed by atoms with Crippen molar-refractivity contribution in [3.05, 3.63) is 59.7 Å². The minimum atomic E-state index is -0.107. The standard InChI is InChI=1S/C20H20N2O2S/c1-12-19(23)21-16-11-15(9-10-17(16)25-12)20(24)22-18(14-7-8-14)13-5-3-2-4-6-13/h2-6,9-12,14,18H,7-8H2,1H3,(H,21,23)(H,22,24). The molecule has 1 heterocycles. The van der Waals surface area contributed by atoms with Gasteiger partial charge in [0.05, 0.1) is 17.0 Å². The molecule has 4 rings (SSSR count). The van der Waals surface area contributed by atoms with E-state index in [1.165, 1.54) is 11.8 Å². The molecule has 2 N–H and O–H groups in total. The summed E-state index contributed by atoms with van der Waals surface area (Å²) >= 11 is 1.52. The van der Waals surface area contributed by atoms with Crippen LogP contribution in [0.3, 0.4) is 0 Å². The fraction of sp³-hybridized carbons (Fsp3) is 0.300. The van der Waals surface area contributed by atoms with Crippen molar-refractivity contribution in [2.75, 3.05) is 5.32 Å². The summed E-state index contributed by atoms with van der Waals surface area (Å²) in [7, 11) is 0. The molecule has 25 heavy (non-hydrogen) atoms. The van der Waals surface area contributed by atoms with E-state index in [2.05, 4.69) is 22.8 Å². The van der Waals surface area contributed by atoms with Gasteiger partial charge in [0.2, 0.25) is 5.91 Å². The van der Waals surface area contributed by atoms with Crippen LogP contribution >= 0.6 is 11.8 Å². The Morgan fingerprint density at radius 2 is 1.96 bits per heavy atom. The quantitative estimate of drug-likeness (QED) is 0.874. The van der Waals surface area contributed by atoms with Crippen LogP contribution in [0.1, 0.15) is 41.7 Å². The van der Waals surface area contributed by atoms with Crippen LogP contribution in [0.2, 0.25) is 0 Å². The van der Waals surface area contributed by atoms with Crippen LogP contribution in [0.25, 0.3) is 0 Å². The molecule has 0 bridgehead atoms. The Bertz CT molecular complexity index is 818. The molecule has 2 aromatic carbocycles. The molecule has 1 saturated carbocycles. The number of anilines is 1. The van der Waals surface area contributed by atoms with Gasteiger partial charge in [-0.05, 0) is 49.4 Å². The van der Waals surface area contributed by atoms with E-state index >= 15 is 0 Å². The summed E-state index contributed by atoms with van der Waals surface area (Å²) in [6.07, 6.45) is 2.29. The molecule has 1 fully saturated rings. The number of carbonyl (C=O) groups is 2. The maximum atomic E-state index is 12.8. The van der Waals surface area contributed by atoms with Gasteiger partial charge in [0, 0.05) is 10.5 Å². The van der Waals surface area contributed by atoms with Crippen LogP contribution < -0.4 is 10.6 Å². The lowest BCUT2D eigenvalue weighted by Gasteiger charge is -2.23. The largest absolute Gasteiger partial charge is 0.345 e. The molecular weight excluding hydrogens is 332 g/mol. The third kappa shape index (κ3) is 3.42. The molecule has 0 spiro atoms. The van der Waals surface area contributed by atoms with Gasteiger partial charge < -0.3 is 10.6 Å². The van der Waals surface area contributed by atoms with Crippen molar-refractivity contribution in [3.63, 3.8) is 0 Å². The van der Waals surface area contributed by atoms with E-state index in [1.54, 1.807) is 6.07 Å². The van der Waals surface area contributed by atoms with Gasteiger partial charge in [0.25, 0.3) is 5.91 Å². The zero-order valence-corrected chi connectivity index (χ0v) is 14.8. The first-order chi connectivity index (χ1) is 12.1. The van der Waals surface area contributed by atoms with Gasteiger partial charge in [-0.1, -0.05) is 30.3 Å². The normalized spacial score (nSPS) is 20.4. The second-order valence-corrected chi connectivity index (χ2v) is 8.04. The lowest BCUT2D eigenvalue weighted by molar-refractivity contribution is -0.115. The Morgan fingerprint density at radius 1 is 1.20 bits per heavy atom. The predicted octanol–water partition coefficient (Wildman–Crippen LogP) is 4.00. The zero-order valence-electron chi connectivity index (χ0n) is 14.0. The monoisotopic (exact) mass is 352 g/mol. The number of nitrogens with one attached hydrogen (secondary N) is 2. The van der Waals surface area contributed by atoms with E-state index in [0.29, 0.717) is 11.5 Å². The Hall–Kier alpha value is -2.27. The second kappa shape index (κ2) is 6.56. The second-order valence-electron chi connectivity index (χ2n) is 6.66. The summed E-state index contributed by atoms with van der Waals surface area (Å²) in [6.45, 7) is 1.88. The van der Waals surface area contributed by atoms with Gasteiger partial charge in [0.1, 0.15) is 0 Å². The average molecular weight is 352 g/mol. The van der Waals surface area contributed by atoms with Gasteiger partial charge >= 0.3 is 0 Å². The first kappa shape index (κ1) is 16.2. The summed E-state index contributed by atoms with van der Waals surface area (Å²) in [4.78, 5) is 25.6. The summed E-state index contributed by atoms with van der Waals surface area (Å²) in [6, 6.07) is 15.7. The maximum absolute atomic E-state index is 12.8. The highest BCUT2D eigenvalue weighted by Gasteiger charge is 2.33. The van der Waals surface area contributed by atoms with Crippen molar-refractivity contribution in [1.82, 2.24) is 5.32 Å². The summed E-state index contributed by atoms with van der Waals surface area (Å²) in [5, 5.41) is 5.96. The van der Waals surface area contributed by atoms with Crippen molar-refractivity contribution in [2.24, 2.45) is 5.92 Å². The lowest BCUT2D eigenvalue weighted by Crippen LogP contribution is -2.30. The van der Waals surface area contributed by atoms with Crippen molar-refractivity contribution < 1.29 is 9.59 Å². The number of rotatable bonds is 4. The molecule has 0 radical (unpaired) electrons. The van der Waals surface area contributed by atoms with Crippen molar-refractivity contribution in [3.8, 4) is 0 Å². The van der Waals surface area contributed by atoms with Crippen molar-refractivity contribution in [1.29, 1.82) is 0 Å². The van der Waals surface area contributed by atoms with Gasteiger partial charge in [-0.15, -0.1) is 11.8 Å². The molecule has 2 atom stereocenters. The molecule has 2 aliphatic rings. The first-order valence-electron chi connectivity index (χ1n) is 8.59. The molecule has 1 aliphatic heterocycles. The number of amides is 2. The van der Waals surface area contributed by atoms with E-state index in [1.807, 2.05) is 37.3 Å².